The molecule has 1 aliphatic carbocycles. The summed E-state index contributed by atoms with van der Waals surface area (Å²) in [5.41, 5.74) is 8.90. The molecule has 0 saturated heterocycles. The first-order valence-electron chi connectivity index (χ1n) is 4.93. The molecule has 0 atom stereocenters. The number of aryl methyl sites for hydroxylation is 1. The molecule has 0 unspecified atom stereocenters. The Morgan fingerprint density at radius 1 is 1.36 bits per heavy atom. The molecule has 0 bridgehead atoms. The summed E-state index contributed by atoms with van der Waals surface area (Å²) in [5.74, 6) is -0.298. The zero-order valence-electron chi connectivity index (χ0n) is 8.31. The van der Waals surface area contributed by atoms with Crippen LogP contribution in [0.5, 0.6) is 0 Å². The van der Waals surface area contributed by atoms with Crippen LogP contribution in [0.4, 0.5) is 10.1 Å². The van der Waals surface area contributed by atoms with Crippen LogP contribution in [0.15, 0.2) is 18.2 Å². The largest absolute Gasteiger partial charge is 0.396 e. The molecule has 0 fully saturated rings. The molecule has 0 aliphatic heterocycles. The molecule has 0 spiro atoms. The van der Waals surface area contributed by atoms with Gasteiger partial charge in [-0.1, -0.05) is 6.08 Å². The highest BCUT2D eigenvalue weighted by Gasteiger charge is 2.10. The van der Waals surface area contributed by atoms with E-state index in [9.17, 15) is 4.39 Å². The van der Waals surface area contributed by atoms with Crippen LogP contribution < -0.4 is 5.73 Å². The molecule has 0 radical (unpaired) electrons. The molecule has 2 N–H and O–H groups in total. The number of halogens is 1. The van der Waals surface area contributed by atoms with Crippen molar-refractivity contribution in [2.24, 2.45) is 0 Å². The van der Waals surface area contributed by atoms with Gasteiger partial charge in [-0.05, 0) is 55.0 Å². The van der Waals surface area contributed by atoms with E-state index in [0.29, 0.717) is 0 Å². The first-order valence-corrected chi connectivity index (χ1v) is 4.93. The van der Waals surface area contributed by atoms with E-state index in [1.165, 1.54) is 12.0 Å². The normalized spacial score (nSPS) is 15.7. The van der Waals surface area contributed by atoms with Gasteiger partial charge in [0, 0.05) is 0 Å². The first kappa shape index (κ1) is 9.25. The maximum Gasteiger partial charge on any atom is 0.146 e. The third-order valence-corrected chi connectivity index (χ3v) is 2.75. The second-order valence-corrected chi connectivity index (χ2v) is 3.81. The summed E-state index contributed by atoms with van der Waals surface area (Å²) < 4.78 is 13.3. The highest BCUT2D eigenvalue weighted by atomic mass is 19.1. The van der Waals surface area contributed by atoms with E-state index in [4.69, 9.17) is 5.73 Å². The van der Waals surface area contributed by atoms with Crippen molar-refractivity contribution in [3.05, 3.63) is 35.2 Å². The average molecular weight is 191 g/mol. The van der Waals surface area contributed by atoms with Gasteiger partial charge < -0.3 is 5.73 Å². The number of allylic oxidation sites excluding steroid dienone is 2. The summed E-state index contributed by atoms with van der Waals surface area (Å²) >= 11 is 0. The third-order valence-electron chi connectivity index (χ3n) is 2.75. The predicted molar refractivity (Wildman–Crippen MR) is 57.4 cm³/mol. The second-order valence-electron chi connectivity index (χ2n) is 3.81. The number of hydrogen-bond acceptors (Lipinski definition) is 1. The molecule has 0 heterocycles. The van der Waals surface area contributed by atoms with E-state index >= 15 is 0 Å². The summed E-state index contributed by atoms with van der Waals surface area (Å²) in [6, 6.07) is 3.51. The fraction of sp³-hybridized carbons (Fsp3) is 0.333. The molecule has 2 rings (SSSR count). The van der Waals surface area contributed by atoms with Gasteiger partial charge in [0.25, 0.3) is 0 Å². The number of nitrogen functional groups attached to an aromatic ring is 1. The molecule has 0 amide bonds. The Hall–Kier alpha value is -1.31. The average Bonchev–Trinajstić information content (AvgIpc) is 2.66. The molecule has 2 heteroatoms. The highest BCUT2D eigenvalue weighted by molar-refractivity contribution is 5.70. The van der Waals surface area contributed by atoms with Crippen molar-refractivity contribution in [3.63, 3.8) is 0 Å². The fourth-order valence-corrected chi connectivity index (χ4v) is 1.87. The molecule has 1 nitrogen and oxygen atoms in total. The van der Waals surface area contributed by atoms with Gasteiger partial charge in [-0.25, -0.2) is 4.39 Å². The quantitative estimate of drug-likeness (QED) is 0.677. The van der Waals surface area contributed by atoms with Crippen LogP contribution in [0.2, 0.25) is 0 Å². The lowest BCUT2D eigenvalue weighted by Gasteiger charge is -2.07. The lowest BCUT2D eigenvalue weighted by molar-refractivity contribution is 0.631. The third kappa shape index (κ3) is 1.52. The van der Waals surface area contributed by atoms with E-state index in [1.807, 2.05) is 13.0 Å². The number of hydrogen-bond donors (Lipinski definition) is 1. The Morgan fingerprint density at radius 2 is 2.14 bits per heavy atom. The Bertz CT molecular complexity index is 370. The number of rotatable bonds is 1. The first-order chi connectivity index (χ1) is 6.68. The van der Waals surface area contributed by atoms with E-state index in [-0.39, 0.29) is 11.5 Å². The monoisotopic (exact) mass is 191 g/mol. The predicted octanol–water partition coefficient (Wildman–Crippen LogP) is 3.28. The Kier molecular flexibility index (Phi) is 2.28. The molecular formula is C12H14FN. The summed E-state index contributed by atoms with van der Waals surface area (Å²) in [6.45, 7) is 1.84. The smallest absolute Gasteiger partial charge is 0.146 e. The van der Waals surface area contributed by atoms with Crippen LogP contribution >= 0.6 is 0 Å². The minimum Gasteiger partial charge on any atom is -0.396 e. The molecule has 1 aromatic carbocycles. The molecule has 74 valence electrons. The maximum atomic E-state index is 13.3. The SMILES string of the molecule is Cc1cc(C2=CCCC2)cc(F)c1N. The highest BCUT2D eigenvalue weighted by Crippen LogP contribution is 2.30. The lowest BCUT2D eigenvalue weighted by Crippen LogP contribution is -1.96. The Labute approximate surface area is 83.4 Å². The summed E-state index contributed by atoms with van der Waals surface area (Å²) in [4.78, 5) is 0. The van der Waals surface area contributed by atoms with Gasteiger partial charge in [0.2, 0.25) is 0 Å². The lowest BCUT2D eigenvalue weighted by atomic mass is 10.0. The minimum absolute atomic E-state index is 0.271. The van der Waals surface area contributed by atoms with Gasteiger partial charge in [-0.2, -0.15) is 0 Å². The molecular weight excluding hydrogens is 177 g/mol. The van der Waals surface area contributed by atoms with E-state index in [0.717, 1.165) is 24.0 Å². The summed E-state index contributed by atoms with van der Waals surface area (Å²) in [6.07, 6.45) is 5.54. The summed E-state index contributed by atoms with van der Waals surface area (Å²) in [5, 5.41) is 0. The molecule has 0 saturated carbocycles. The maximum absolute atomic E-state index is 13.3. The molecule has 14 heavy (non-hydrogen) atoms. The second kappa shape index (κ2) is 3.45. The zero-order valence-corrected chi connectivity index (χ0v) is 8.31. The van der Waals surface area contributed by atoms with Crippen LogP contribution in [-0.2, 0) is 0 Å². The van der Waals surface area contributed by atoms with Gasteiger partial charge in [-0.15, -0.1) is 0 Å². The van der Waals surface area contributed by atoms with Crippen LogP contribution in [0.25, 0.3) is 5.57 Å². The summed E-state index contributed by atoms with van der Waals surface area (Å²) in [7, 11) is 0. The van der Waals surface area contributed by atoms with Crippen molar-refractivity contribution in [3.8, 4) is 0 Å². The zero-order chi connectivity index (χ0) is 10.1. The molecule has 1 aliphatic rings. The van der Waals surface area contributed by atoms with Crippen molar-refractivity contribution in [2.45, 2.75) is 26.2 Å². The van der Waals surface area contributed by atoms with Crippen LogP contribution in [0.3, 0.4) is 0 Å². The van der Waals surface area contributed by atoms with Crippen LogP contribution in [0.1, 0.15) is 30.4 Å². The van der Waals surface area contributed by atoms with Gasteiger partial charge >= 0.3 is 0 Å². The molecule has 1 aromatic rings. The Morgan fingerprint density at radius 3 is 2.71 bits per heavy atom. The fourth-order valence-electron chi connectivity index (χ4n) is 1.87. The Balaban J connectivity index is 2.45. The van der Waals surface area contributed by atoms with Crippen molar-refractivity contribution in [2.75, 3.05) is 5.73 Å². The minimum atomic E-state index is -0.298. The van der Waals surface area contributed by atoms with Gasteiger partial charge in [0.1, 0.15) is 5.82 Å². The standard InChI is InChI=1S/C12H14FN/c1-8-6-10(7-11(13)12(8)14)9-4-2-3-5-9/h4,6-7H,2-3,5,14H2,1H3. The number of benzene rings is 1. The van der Waals surface area contributed by atoms with Crippen molar-refractivity contribution < 1.29 is 4.39 Å². The van der Waals surface area contributed by atoms with Crippen molar-refractivity contribution in [1.82, 2.24) is 0 Å². The number of nitrogens with two attached hydrogens (primary N) is 1. The van der Waals surface area contributed by atoms with Crippen molar-refractivity contribution >= 4 is 11.3 Å². The number of anilines is 1. The van der Waals surface area contributed by atoms with Crippen LogP contribution in [0, 0.1) is 12.7 Å². The van der Waals surface area contributed by atoms with Gasteiger partial charge in [0.15, 0.2) is 0 Å². The van der Waals surface area contributed by atoms with E-state index < -0.39 is 0 Å². The van der Waals surface area contributed by atoms with Gasteiger partial charge in [0.05, 0.1) is 5.69 Å². The topological polar surface area (TPSA) is 26.0 Å². The van der Waals surface area contributed by atoms with Gasteiger partial charge in [-0.3, -0.25) is 0 Å². The van der Waals surface area contributed by atoms with E-state index in [2.05, 4.69) is 6.08 Å². The van der Waals surface area contributed by atoms with E-state index in [1.54, 1.807) is 6.07 Å². The van der Waals surface area contributed by atoms with Crippen molar-refractivity contribution in [1.29, 1.82) is 0 Å². The molecule has 0 aromatic heterocycles. The van der Waals surface area contributed by atoms with Crippen LogP contribution in [-0.4, -0.2) is 0 Å².